The number of hydrogen-bond donors (Lipinski definition) is 1. The zero-order valence-electron chi connectivity index (χ0n) is 15.7. The molecular formula is C22H27N3O2. The first kappa shape index (κ1) is 18.0. The summed E-state index contributed by atoms with van der Waals surface area (Å²) in [5.74, 6) is 0.0934. The monoisotopic (exact) mass is 365 g/mol. The van der Waals surface area contributed by atoms with Gasteiger partial charge in [0.2, 0.25) is 5.91 Å². The number of nitrogens with zero attached hydrogens (tertiary/aromatic N) is 2. The van der Waals surface area contributed by atoms with Crippen LogP contribution in [-0.4, -0.2) is 34.8 Å². The molecule has 1 saturated carbocycles. The number of fused-ring (bicyclic) bond motifs is 1. The van der Waals surface area contributed by atoms with Gasteiger partial charge in [0.1, 0.15) is 0 Å². The van der Waals surface area contributed by atoms with Crippen molar-refractivity contribution in [2.24, 2.45) is 11.7 Å². The van der Waals surface area contributed by atoms with E-state index in [9.17, 15) is 9.59 Å². The number of para-hydroxylation sites is 1. The number of likely N-dealkylation sites (tertiary alicyclic amines) is 1. The van der Waals surface area contributed by atoms with Gasteiger partial charge in [0.05, 0.1) is 16.8 Å². The van der Waals surface area contributed by atoms with Crippen molar-refractivity contribution >= 4 is 22.7 Å². The van der Waals surface area contributed by atoms with Crippen LogP contribution in [0.1, 0.15) is 66.9 Å². The first-order valence-corrected chi connectivity index (χ1v) is 10.1. The molecule has 2 amide bonds. The Morgan fingerprint density at radius 1 is 1.04 bits per heavy atom. The van der Waals surface area contributed by atoms with E-state index in [-0.39, 0.29) is 11.8 Å². The number of carbonyl (C=O) groups excluding carboxylic acids is 2. The molecule has 5 heteroatoms. The molecule has 2 N–H and O–H groups in total. The van der Waals surface area contributed by atoms with Gasteiger partial charge in [0.15, 0.2) is 0 Å². The summed E-state index contributed by atoms with van der Waals surface area (Å²) in [5, 5.41) is 0.918. The molecule has 2 aliphatic rings. The summed E-state index contributed by atoms with van der Waals surface area (Å²) in [6.45, 7) is 1.45. The number of nitrogens with two attached hydrogens (primary N) is 1. The van der Waals surface area contributed by atoms with E-state index >= 15 is 0 Å². The van der Waals surface area contributed by atoms with Gasteiger partial charge in [0.25, 0.3) is 5.91 Å². The van der Waals surface area contributed by atoms with Gasteiger partial charge in [-0.1, -0.05) is 37.5 Å². The third kappa shape index (κ3) is 3.68. The number of primary amides is 1. The molecule has 1 atom stereocenters. The Labute approximate surface area is 159 Å². The Hall–Kier alpha value is -2.43. The van der Waals surface area contributed by atoms with E-state index in [0.29, 0.717) is 18.0 Å². The first-order valence-electron chi connectivity index (χ1n) is 10.1. The van der Waals surface area contributed by atoms with Crippen molar-refractivity contribution in [1.82, 2.24) is 9.88 Å². The van der Waals surface area contributed by atoms with E-state index in [1.165, 1.54) is 6.42 Å². The maximum Gasteiger partial charge on any atom is 0.250 e. The van der Waals surface area contributed by atoms with Gasteiger partial charge < -0.3 is 10.6 Å². The van der Waals surface area contributed by atoms with Crippen molar-refractivity contribution in [1.29, 1.82) is 0 Å². The summed E-state index contributed by atoms with van der Waals surface area (Å²) >= 11 is 0. The number of piperidine rings is 1. The van der Waals surface area contributed by atoms with Crippen molar-refractivity contribution in [3.8, 4) is 0 Å². The fraction of sp³-hybridized carbons (Fsp3) is 0.500. The molecule has 0 spiro atoms. The topological polar surface area (TPSA) is 76.3 Å². The minimum Gasteiger partial charge on any atom is -0.366 e. The quantitative estimate of drug-likeness (QED) is 0.902. The highest BCUT2D eigenvalue weighted by atomic mass is 16.2. The lowest BCUT2D eigenvalue weighted by atomic mass is 9.86. The molecule has 2 aromatic rings. The lowest BCUT2D eigenvalue weighted by Gasteiger charge is -2.36. The molecule has 1 aliphatic carbocycles. The summed E-state index contributed by atoms with van der Waals surface area (Å²) < 4.78 is 0. The van der Waals surface area contributed by atoms with Crippen molar-refractivity contribution in [2.75, 3.05) is 13.1 Å². The SMILES string of the molecule is NC(=O)c1cc2ccccc2nc1C1CCCN(C(=O)C2CCCCC2)C1. The molecule has 1 aromatic carbocycles. The highest BCUT2D eigenvalue weighted by Gasteiger charge is 2.32. The maximum atomic E-state index is 13.0. The molecule has 142 valence electrons. The zero-order chi connectivity index (χ0) is 18.8. The summed E-state index contributed by atoms with van der Waals surface area (Å²) in [6.07, 6.45) is 7.46. The zero-order valence-corrected chi connectivity index (χ0v) is 15.7. The van der Waals surface area contributed by atoms with Gasteiger partial charge in [0, 0.05) is 30.3 Å². The highest BCUT2D eigenvalue weighted by molar-refractivity contribution is 5.97. The van der Waals surface area contributed by atoms with Crippen LogP contribution in [0.15, 0.2) is 30.3 Å². The number of carbonyl (C=O) groups is 2. The molecule has 2 fully saturated rings. The molecule has 1 aliphatic heterocycles. The number of amides is 2. The second kappa shape index (κ2) is 7.67. The van der Waals surface area contributed by atoms with Gasteiger partial charge in [-0.15, -0.1) is 0 Å². The van der Waals surface area contributed by atoms with Gasteiger partial charge in [-0.25, -0.2) is 0 Å². The minimum absolute atomic E-state index is 0.0680. The molecule has 5 nitrogen and oxygen atoms in total. The van der Waals surface area contributed by atoms with Crippen LogP contribution < -0.4 is 5.73 Å². The fourth-order valence-electron chi connectivity index (χ4n) is 4.65. The molecule has 0 radical (unpaired) electrons. The van der Waals surface area contributed by atoms with Gasteiger partial charge in [-0.05, 0) is 37.8 Å². The number of aromatic nitrogens is 1. The minimum atomic E-state index is -0.445. The maximum absolute atomic E-state index is 13.0. The van der Waals surface area contributed by atoms with Crippen molar-refractivity contribution in [2.45, 2.75) is 50.9 Å². The van der Waals surface area contributed by atoms with E-state index < -0.39 is 5.91 Å². The van der Waals surface area contributed by atoms with Crippen LogP contribution in [0.5, 0.6) is 0 Å². The standard InChI is InChI=1S/C22H27N3O2/c23-21(26)18-13-16-9-4-5-11-19(16)24-20(18)17-10-6-12-25(14-17)22(27)15-7-2-1-3-8-15/h4-5,9,11,13,15,17H,1-3,6-8,10,12,14H2,(H2,23,26). The summed E-state index contributed by atoms with van der Waals surface area (Å²) in [5.41, 5.74) is 7.78. The van der Waals surface area contributed by atoms with E-state index in [1.807, 2.05) is 35.2 Å². The highest BCUT2D eigenvalue weighted by Crippen LogP contribution is 2.32. The number of pyridine rings is 1. The number of hydrogen-bond acceptors (Lipinski definition) is 3. The van der Waals surface area contributed by atoms with Crippen molar-refractivity contribution in [3.63, 3.8) is 0 Å². The summed E-state index contributed by atoms with van der Waals surface area (Å²) in [4.78, 5) is 31.8. The molecule has 1 aromatic heterocycles. The normalized spacial score (nSPS) is 21.3. The van der Waals surface area contributed by atoms with Crippen LogP contribution in [0.2, 0.25) is 0 Å². The average molecular weight is 365 g/mol. The van der Waals surface area contributed by atoms with Crippen LogP contribution in [0.4, 0.5) is 0 Å². The number of benzene rings is 1. The Morgan fingerprint density at radius 2 is 1.81 bits per heavy atom. The predicted molar refractivity (Wildman–Crippen MR) is 105 cm³/mol. The Balaban J connectivity index is 1.61. The van der Waals surface area contributed by atoms with Gasteiger partial charge >= 0.3 is 0 Å². The van der Waals surface area contributed by atoms with E-state index in [2.05, 4.69) is 0 Å². The second-order valence-corrected chi connectivity index (χ2v) is 7.94. The molecule has 4 rings (SSSR count). The molecule has 1 saturated heterocycles. The lowest BCUT2D eigenvalue weighted by Crippen LogP contribution is -2.43. The smallest absolute Gasteiger partial charge is 0.250 e. The molecule has 2 heterocycles. The van der Waals surface area contributed by atoms with Crippen molar-refractivity contribution < 1.29 is 9.59 Å². The van der Waals surface area contributed by atoms with Gasteiger partial charge in [-0.2, -0.15) is 0 Å². The van der Waals surface area contributed by atoms with E-state index in [4.69, 9.17) is 10.7 Å². The van der Waals surface area contributed by atoms with Crippen LogP contribution in [-0.2, 0) is 4.79 Å². The molecule has 1 unspecified atom stereocenters. The lowest BCUT2D eigenvalue weighted by molar-refractivity contribution is -0.137. The number of rotatable bonds is 3. The van der Waals surface area contributed by atoms with Crippen LogP contribution in [0, 0.1) is 5.92 Å². The summed E-state index contributed by atoms with van der Waals surface area (Å²) in [7, 11) is 0. The van der Waals surface area contributed by atoms with Crippen LogP contribution in [0.25, 0.3) is 10.9 Å². The predicted octanol–water partition coefficient (Wildman–Crippen LogP) is 3.62. The van der Waals surface area contributed by atoms with Crippen molar-refractivity contribution in [3.05, 3.63) is 41.6 Å². The Bertz CT molecular complexity index is 858. The molecular weight excluding hydrogens is 338 g/mol. The summed E-state index contributed by atoms with van der Waals surface area (Å²) in [6, 6.07) is 9.63. The third-order valence-electron chi connectivity index (χ3n) is 6.09. The average Bonchev–Trinajstić information content (AvgIpc) is 2.73. The van der Waals surface area contributed by atoms with Gasteiger partial charge in [-0.3, -0.25) is 14.6 Å². The van der Waals surface area contributed by atoms with Crippen LogP contribution >= 0.6 is 0 Å². The first-order chi connectivity index (χ1) is 13.1. The third-order valence-corrected chi connectivity index (χ3v) is 6.09. The second-order valence-electron chi connectivity index (χ2n) is 7.94. The molecule has 0 bridgehead atoms. The van der Waals surface area contributed by atoms with E-state index in [0.717, 1.165) is 61.7 Å². The Kier molecular flexibility index (Phi) is 5.10. The largest absolute Gasteiger partial charge is 0.366 e. The fourth-order valence-corrected chi connectivity index (χ4v) is 4.65. The van der Waals surface area contributed by atoms with E-state index in [1.54, 1.807) is 0 Å². The molecule has 27 heavy (non-hydrogen) atoms. The van der Waals surface area contributed by atoms with Crippen LogP contribution in [0.3, 0.4) is 0 Å². The Morgan fingerprint density at radius 3 is 2.59 bits per heavy atom.